The normalized spacial score (nSPS) is 16.9. The molecular formula is C14H17BF3N2-. The maximum atomic E-state index is 13.1. The molecule has 108 valence electrons. The van der Waals surface area contributed by atoms with Crippen LogP contribution in [0, 0.1) is 19.3 Å². The average Bonchev–Trinajstić information content (AvgIpc) is 2.40. The van der Waals surface area contributed by atoms with E-state index in [9.17, 15) is 12.9 Å². The van der Waals surface area contributed by atoms with E-state index in [0.717, 1.165) is 26.2 Å². The molecule has 1 aromatic carbocycles. The van der Waals surface area contributed by atoms with Gasteiger partial charge in [-0.2, -0.15) is 0 Å². The van der Waals surface area contributed by atoms with Crippen molar-refractivity contribution in [3.8, 4) is 12.3 Å². The molecule has 6 heteroatoms. The third-order valence-corrected chi connectivity index (χ3v) is 3.63. The molecule has 1 fully saturated rings. The molecule has 0 bridgehead atoms. The number of benzene rings is 1. The van der Waals surface area contributed by atoms with Gasteiger partial charge in [-0.1, -0.05) is 17.6 Å². The van der Waals surface area contributed by atoms with Crippen LogP contribution in [0.2, 0.25) is 0 Å². The first kappa shape index (κ1) is 15.0. The summed E-state index contributed by atoms with van der Waals surface area (Å²) in [6.45, 7) is 0.323. The van der Waals surface area contributed by atoms with Crippen molar-refractivity contribution in [2.75, 3.05) is 26.2 Å². The molecular weight excluding hydrogens is 264 g/mol. The number of nitrogens with one attached hydrogen (secondary N) is 1. The van der Waals surface area contributed by atoms with Gasteiger partial charge in [0.15, 0.2) is 0 Å². The molecule has 0 radical (unpaired) electrons. The molecule has 0 aromatic heterocycles. The number of halogens is 3. The van der Waals surface area contributed by atoms with Crippen LogP contribution >= 0.6 is 0 Å². The van der Waals surface area contributed by atoms with Crippen molar-refractivity contribution in [3.63, 3.8) is 0 Å². The maximum absolute atomic E-state index is 13.1. The van der Waals surface area contributed by atoms with E-state index in [0.29, 0.717) is 17.7 Å². The van der Waals surface area contributed by atoms with E-state index in [1.54, 1.807) is 6.07 Å². The number of hydrogen-bond acceptors (Lipinski definition) is 2. The van der Waals surface area contributed by atoms with Crippen molar-refractivity contribution < 1.29 is 12.9 Å². The SMILES string of the molecule is C#Cc1cc(CN2CCNCC2)cc([B-](F)(F)F)c1C. The number of piperazine rings is 1. The molecule has 0 aliphatic carbocycles. The fourth-order valence-electron chi connectivity index (χ4n) is 2.51. The Morgan fingerprint density at radius 2 is 1.95 bits per heavy atom. The summed E-state index contributed by atoms with van der Waals surface area (Å²) in [6, 6.07) is 2.95. The van der Waals surface area contributed by atoms with Crippen molar-refractivity contribution in [1.82, 2.24) is 10.2 Å². The Kier molecular flexibility index (Phi) is 4.41. The minimum atomic E-state index is -5.03. The summed E-state index contributed by atoms with van der Waals surface area (Å²) >= 11 is 0. The van der Waals surface area contributed by atoms with Gasteiger partial charge in [0.25, 0.3) is 0 Å². The van der Waals surface area contributed by atoms with Gasteiger partial charge in [0, 0.05) is 38.3 Å². The quantitative estimate of drug-likeness (QED) is 0.666. The summed E-state index contributed by atoms with van der Waals surface area (Å²) in [4.78, 5) is 2.13. The van der Waals surface area contributed by atoms with Crippen LogP contribution in [0.1, 0.15) is 16.7 Å². The van der Waals surface area contributed by atoms with E-state index in [2.05, 4.69) is 16.1 Å². The first-order valence-corrected chi connectivity index (χ1v) is 6.65. The van der Waals surface area contributed by atoms with Gasteiger partial charge in [-0.3, -0.25) is 4.90 Å². The molecule has 1 aliphatic heterocycles. The Morgan fingerprint density at radius 1 is 1.30 bits per heavy atom. The van der Waals surface area contributed by atoms with Crippen molar-refractivity contribution >= 4 is 12.4 Å². The standard InChI is InChI=1S/C14H17BF3N2/c1-3-13-8-12(10-20-6-4-19-5-7-20)9-14(11(13)2)15(16,17)18/h1,8-9,19H,4-7,10H2,2H3/q-1. The number of nitrogens with zero attached hydrogens (tertiary/aromatic N) is 1. The van der Waals surface area contributed by atoms with Gasteiger partial charge in [0.1, 0.15) is 0 Å². The lowest BCUT2D eigenvalue weighted by molar-refractivity contribution is 0.233. The van der Waals surface area contributed by atoms with Crippen LogP contribution in [-0.4, -0.2) is 38.1 Å². The molecule has 0 saturated carbocycles. The van der Waals surface area contributed by atoms with Crippen molar-refractivity contribution in [3.05, 3.63) is 28.8 Å². The molecule has 0 spiro atoms. The lowest BCUT2D eigenvalue weighted by Gasteiger charge is -2.28. The van der Waals surface area contributed by atoms with E-state index in [1.165, 1.54) is 13.0 Å². The van der Waals surface area contributed by atoms with Crippen LogP contribution in [0.3, 0.4) is 0 Å². The molecule has 1 saturated heterocycles. The summed E-state index contributed by atoms with van der Waals surface area (Å²) in [5.74, 6) is 2.36. The minimum Gasteiger partial charge on any atom is -0.445 e. The van der Waals surface area contributed by atoms with Crippen LogP contribution in [0.15, 0.2) is 12.1 Å². The van der Waals surface area contributed by atoms with Gasteiger partial charge in [0.2, 0.25) is 0 Å². The maximum Gasteiger partial charge on any atom is 0.509 e. The fourth-order valence-corrected chi connectivity index (χ4v) is 2.51. The Labute approximate surface area is 117 Å². The molecule has 1 N–H and O–H groups in total. The van der Waals surface area contributed by atoms with Crippen LogP contribution in [0.25, 0.3) is 0 Å². The van der Waals surface area contributed by atoms with Gasteiger partial charge in [0.05, 0.1) is 0 Å². The first-order chi connectivity index (χ1) is 9.41. The summed E-state index contributed by atoms with van der Waals surface area (Å²) in [5, 5.41) is 3.22. The van der Waals surface area contributed by atoms with Crippen LogP contribution < -0.4 is 10.8 Å². The smallest absolute Gasteiger partial charge is 0.445 e. The molecule has 2 rings (SSSR count). The summed E-state index contributed by atoms with van der Waals surface area (Å²) < 4.78 is 39.3. The van der Waals surface area contributed by atoms with Gasteiger partial charge in [-0.15, -0.1) is 11.9 Å². The van der Waals surface area contributed by atoms with Gasteiger partial charge in [-0.25, -0.2) is 0 Å². The fraction of sp³-hybridized carbons (Fsp3) is 0.429. The molecule has 20 heavy (non-hydrogen) atoms. The Morgan fingerprint density at radius 3 is 2.50 bits per heavy atom. The molecule has 0 atom stereocenters. The second-order valence-corrected chi connectivity index (χ2v) is 5.10. The Hall–Kier alpha value is -1.45. The third kappa shape index (κ3) is 3.35. The zero-order chi connectivity index (χ0) is 14.8. The largest absolute Gasteiger partial charge is 0.509 e. The van der Waals surface area contributed by atoms with Crippen molar-refractivity contribution in [2.24, 2.45) is 0 Å². The van der Waals surface area contributed by atoms with Crippen molar-refractivity contribution in [1.29, 1.82) is 0 Å². The highest BCUT2D eigenvalue weighted by molar-refractivity contribution is 6.74. The molecule has 0 unspecified atom stereocenters. The predicted molar refractivity (Wildman–Crippen MR) is 76.0 cm³/mol. The lowest BCUT2D eigenvalue weighted by Crippen LogP contribution is -2.43. The number of terminal acetylenes is 1. The zero-order valence-corrected chi connectivity index (χ0v) is 11.4. The Balaban J connectivity index is 2.31. The average molecular weight is 281 g/mol. The Bertz CT molecular complexity index is 528. The van der Waals surface area contributed by atoms with E-state index >= 15 is 0 Å². The highest BCUT2D eigenvalue weighted by Gasteiger charge is 2.28. The van der Waals surface area contributed by atoms with E-state index in [4.69, 9.17) is 6.42 Å². The van der Waals surface area contributed by atoms with Gasteiger partial charge in [-0.05, 0) is 18.6 Å². The van der Waals surface area contributed by atoms with E-state index < -0.39 is 12.4 Å². The molecule has 1 aliphatic rings. The molecule has 1 heterocycles. The number of rotatable bonds is 3. The van der Waals surface area contributed by atoms with Gasteiger partial charge >= 0.3 is 6.98 Å². The number of hydrogen-bond donors (Lipinski definition) is 1. The first-order valence-electron chi connectivity index (χ1n) is 6.65. The second kappa shape index (κ2) is 5.90. The topological polar surface area (TPSA) is 15.3 Å². The van der Waals surface area contributed by atoms with Crippen LogP contribution in [0.5, 0.6) is 0 Å². The van der Waals surface area contributed by atoms with Gasteiger partial charge < -0.3 is 18.3 Å². The highest BCUT2D eigenvalue weighted by Crippen LogP contribution is 2.18. The van der Waals surface area contributed by atoms with Crippen LogP contribution in [0.4, 0.5) is 12.9 Å². The molecule has 2 nitrogen and oxygen atoms in total. The molecule has 1 aromatic rings. The second-order valence-electron chi connectivity index (χ2n) is 5.10. The monoisotopic (exact) mass is 281 g/mol. The zero-order valence-electron chi connectivity index (χ0n) is 11.4. The molecule has 0 amide bonds. The van der Waals surface area contributed by atoms with E-state index in [1.807, 2.05) is 0 Å². The minimum absolute atomic E-state index is 0.157. The van der Waals surface area contributed by atoms with Crippen molar-refractivity contribution in [2.45, 2.75) is 13.5 Å². The van der Waals surface area contributed by atoms with Crippen LogP contribution in [-0.2, 0) is 6.54 Å². The highest BCUT2D eigenvalue weighted by atomic mass is 19.4. The summed E-state index contributed by atoms with van der Waals surface area (Å²) in [6.07, 6.45) is 5.33. The van der Waals surface area contributed by atoms with E-state index in [-0.39, 0.29) is 5.56 Å². The summed E-state index contributed by atoms with van der Waals surface area (Å²) in [5.41, 5.74) is 0.570. The third-order valence-electron chi connectivity index (χ3n) is 3.63. The lowest BCUT2D eigenvalue weighted by atomic mass is 9.75. The summed E-state index contributed by atoms with van der Waals surface area (Å²) in [7, 11) is 0. The predicted octanol–water partition coefficient (Wildman–Crippen LogP) is 1.44.